The average Bonchev–Trinajstić information content (AvgIpc) is 3.12. The smallest absolute Gasteiger partial charge is 0.237 e. The zero-order valence-electron chi connectivity index (χ0n) is 15.2. The number of pyridine rings is 1. The summed E-state index contributed by atoms with van der Waals surface area (Å²) in [5.41, 5.74) is 7.14. The number of para-hydroxylation sites is 1. The minimum atomic E-state index is -0.207. The summed E-state index contributed by atoms with van der Waals surface area (Å²) in [4.78, 5) is 3.67. The molecule has 1 N–H and O–H groups in total. The molecule has 0 unspecified atom stereocenters. The van der Waals surface area contributed by atoms with Crippen LogP contribution in [0.25, 0.3) is 44.3 Å². The molecule has 0 spiro atoms. The first-order valence-corrected chi connectivity index (χ1v) is 9.61. The van der Waals surface area contributed by atoms with Gasteiger partial charge in [0.05, 0.1) is 5.39 Å². The van der Waals surface area contributed by atoms with E-state index in [1.807, 2.05) is 12.1 Å². The Kier molecular flexibility index (Phi) is 3.21. The number of fused-ring (bicyclic) bond motifs is 7. The molecule has 0 fully saturated rings. The normalized spacial score (nSPS) is 12.9. The van der Waals surface area contributed by atoms with Crippen LogP contribution in [-0.2, 0) is 13.0 Å². The van der Waals surface area contributed by atoms with Crippen LogP contribution < -0.4 is 4.57 Å². The number of rotatable bonds is 1. The van der Waals surface area contributed by atoms with Crippen LogP contribution in [0.4, 0.5) is 4.39 Å². The number of hydrogen-bond acceptors (Lipinski definition) is 0. The number of aryl methyl sites for hydroxylation is 1. The fourth-order valence-electron chi connectivity index (χ4n) is 4.58. The Labute approximate surface area is 161 Å². The molecule has 1 aliphatic heterocycles. The fraction of sp³-hybridized carbons (Fsp3) is 0.0800. The molecular weight excluding hydrogens is 347 g/mol. The van der Waals surface area contributed by atoms with E-state index in [-0.39, 0.29) is 5.82 Å². The molecule has 0 saturated heterocycles. The third kappa shape index (κ3) is 2.16. The Bertz CT molecular complexity index is 1360. The maximum absolute atomic E-state index is 13.5. The summed E-state index contributed by atoms with van der Waals surface area (Å²) in [5, 5.41) is 3.74. The molecule has 2 nitrogen and oxygen atoms in total. The summed E-state index contributed by atoms with van der Waals surface area (Å²) < 4.78 is 15.9. The molecule has 6 rings (SSSR count). The van der Waals surface area contributed by atoms with Gasteiger partial charge in [-0.2, -0.15) is 4.57 Å². The van der Waals surface area contributed by atoms with E-state index in [0.717, 1.165) is 24.2 Å². The van der Waals surface area contributed by atoms with Gasteiger partial charge in [0.2, 0.25) is 11.4 Å². The maximum Gasteiger partial charge on any atom is 0.237 e. The van der Waals surface area contributed by atoms with Crippen LogP contribution in [0, 0.1) is 5.82 Å². The zero-order chi connectivity index (χ0) is 18.7. The summed E-state index contributed by atoms with van der Waals surface area (Å²) in [5.74, 6) is -0.207. The predicted molar refractivity (Wildman–Crippen MR) is 111 cm³/mol. The number of nitrogens with one attached hydrogen (secondary N) is 1. The molecule has 1 aliphatic rings. The van der Waals surface area contributed by atoms with Crippen molar-refractivity contribution in [2.24, 2.45) is 0 Å². The van der Waals surface area contributed by atoms with Crippen molar-refractivity contribution in [3.63, 3.8) is 0 Å². The molecule has 2 aromatic heterocycles. The first-order valence-electron chi connectivity index (χ1n) is 9.61. The molecule has 0 atom stereocenters. The van der Waals surface area contributed by atoms with Gasteiger partial charge in [-0.3, -0.25) is 0 Å². The highest BCUT2D eigenvalue weighted by Gasteiger charge is 2.31. The summed E-state index contributed by atoms with van der Waals surface area (Å²) in [6.45, 7) is 0.904. The molecular formula is C25H18FN2+. The number of benzene rings is 3. The van der Waals surface area contributed by atoms with Gasteiger partial charge in [-0.25, -0.2) is 4.39 Å². The third-order valence-corrected chi connectivity index (χ3v) is 5.84. The van der Waals surface area contributed by atoms with Gasteiger partial charge in [0, 0.05) is 29.0 Å². The second-order valence-corrected chi connectivity index (χ2v) is 7.40. The maximum atomic E-state index is 13.5. The van der Waals surface area contributed by atoms with Crippen molar-refractivity contribution in [2.75, 3.05) is 0 Å². The van der Waals surface area contributed by atoms with E-state index >= 15 is 0 Å². The monoisotopic (exact) mass is 365 g/mol. The first kappa shape index (κ1) is 15.6. The van der Waals surface area contributed by atoms with Gasteiger partial charge >= 0.3 is 0 Å². The summed E-state index contributed by atoms with van der Waals surface area (Å²) in [6, 6.07) is 26.1. The van der Waals surface area contributed by atoms with Crippen LogP contribution in [0.5, 0.6) is 0 Å². The Morgan fingerprint density at radius 2 is 1.57 bits per heavy atom. The van der Waals surface area contributed by atoms with Crippen molar-refractivity contribution in [3.05, 3.63) is 90.2 Å². The van der Waals surface area contributed by atoms with E-state index in [1.54, 1.807) is 0 Å². The minimum Gasteiger partial charge on any atom is -0.349 e. The van der Waals surface area contributed by atoms with Gasteiger partial charge in [-0.05, 0) is 47.3 Å². The van der Waals surface area contributed by atoms with Crippen LogP contribution in [0.2, 0.25) is 0 Å². The Morgan fingerprint density at radius 1 is 0.821 bits per heavy atom. The number of aromatic amines is 1. The van der Waals surface area contributed by atoms with Crippen molar-refractivity contribution >= 4 is 21.7 Å². The van der Waals surface area contributed by atoms with E-state index < -0.39 is 0 Å². The quantitative estimate of drug-likeness (QED) is 0.371. The number of H-pyrrole nitrogens is 1. The lowest BCUT2D eigenvalue weighted by atomic mass is 9.95. The van der Waals surface area contributed by atoms with Crippen molar-refractivity contribution in [1.82, 2.24) is 4.98 Å². The molecule has 3 heterocycles. The minimum absolute atomic E-state index is 0.207. The Morgan fingerprint density at radius 3 is 2.43 bits per heavy atom. The topological polar surface area (TPSA) is 19.7 Å². The largest absolute Gasteiger partial charge is 0.349 e. The van der Waals surface area contributed by atoms with Gasteiger partial charge in [0.25, 0.3) is 0 Å². The predicted octanol–water partition coefficient (Wildman–Crippen LogP) is 5.64. The lowest BCUT2D eigenvalue weighted by molar-refractivity contribution is -0.675. The van der Waals surface area contributed by atoms with E-state index in [0.29, 0.717) is 0 Å². The highest BCUT2D eigenvalue weighted by atomic mass is 19.1. The highest BCUT2D eigenvalue weighted by Crippen LogP contribution is 2.37. The second kappa shape index (κ2) is 5.77. The van der Waals surface area contributed by atoms with Crippen LogP contribution in [-0.4, -0.2) is 4.98 Å². The number of hydrogen-bond donors (Lipinski definition) is 1. The first-order chi connectivity index (χ1) is 13.8. The third-order valence-electron chi connectivity index (χ3n) is 5.84. The van der Waals surface area contributed by atoms with Crippen LogP contribution in [0.15, 0.2) is 78.9 Å². The van der Waals surface area contributed by atoms with Crippen LogP contribution in [0.1, 0.15) is 5.56 Å². The van der Waals surface area contributed by atoms with Gasteiger partial charge < -0.3 is 4.98 Å². The molecule has 0 bridgehead atoms. The Hall–Kier alpha value is -3.46. The number of halogens is 1. The second-order valence-electron chi connectivity index (χ2n) is 7.40. The SMILES string of the molecule is Fc1ccc(-c2cc3ccccc3c3[n+]2CCc2c-3[nH]c3ccccc23)cc1. The molecule has 28 heavy (non-hydrogen) atoms. The molecule has 134 valence electrons. The fourth-order valence-corrected chi connectivity index (χ4v) is 4.58. The molecule has 0 aliphatic carbocycles. The van der Waals surface area contributed by atoms with Gasteiger partial charge in [0.1, 0.15) is 11.5 Å². The van der Waals surface area contributed by atoms with Crippen LogP contribution in [0.3, 0.4) is 0 Å². The summed E-state index contributed by atoms with van der Waals surface area (Å²) >= 11 is 0. The lowest BCUT2D eigenvalue weighted by Crippen LogP contribution is -2.42. The van der Waals surface area contributed by atoms with Gasteiger partial charge in [0.15, 0.2) is 6.54 Å². The average molecular weight is 365 g/mol. The summed E-state index contributed by atoms with van der Waals surface area (Å²) in [6.07, 6.45) is 0.976. The van der Waals surface area contributed by atoms with E-state index in [4.69, 9.17) is 0 Å². The molecule has 3 heteroatoms. The highest BCUT2D eigenvalue weighted by molar-refractivity contribution is 5.99. The Balaban J connectivity index is 1.73. The number of aromatic nitrogens is 2. The van der Waals surface area contributed by atoms with E-state index in [9.17, 15) is 4.39 Å². The van der Waals surface area contributed by atoms with E-state index in [1.165, 1.54) is 50.8 Å². The van der Waals surface area contributed by atoms with Crippen molar-refractivity contribution in [1.29, 1.82) is 0 Å². The van der Waals surface area contributed by atoms with Gasteiger partial charge in [-0.1, -0.05) is 36.4 Å². The molecule has 0 amide bonds. The molecule has 0 radical (unpaired) electrons. The standard InChI is InChI=1S/C25H17FN2/c26-18-11-9-16(10-12-18)23-15-17-5-1-2-6-19(17)25-24-21(13-14-28(23)25)20-7-3-4-8-22(20)27-24/h1-12,15H,13-14H2/p+1. The van der Waals surface area contributed by atoms with Gasteiger partial charge in [-0.15, -0.1) is 0 Å². The van der Waals surface area contributed by atoms with Crippen LogP contribution >= 0.6 is 0 Å². The molecule has 3 aromatic carbocycles. The van der Waals surface area contributed by atoms with Crippen molar-refractivity contribution < 1.29 is 8.96 Å². The van der Waals surface area contributed by atoms with Crippen molar-refractivity contribution in [2.45, 2.75) is 13.0 Å². The van der Waals surface area contributed by atoms with Crippen molar-refractivity contribution in [3.8, 4) is 22.6 Å². The van der Waals surface area contributed by atoms with E-state index in [2.05, 4.69) is 64.1 Å². The molecule has 0 saturated carbocycles. The zero-order valence-corrected chi connectivity index (χ0v) is 15.2. The summed E-state index contributed by atoms with van der Waals surface area (Å²) in [7, 11) is 0. The molecule has 5 aromatic rings. The number of nitrogens with zero attached hydrogens (tertiary/aromatic N) is 1. The lowest BCUT2D eigenvalue weighted by Gasteiger charge is -2.17.